The number of carbonyl (C=O) groups excluding carboxylic acids is 1. The second-order valence-corrected chi connectivity index (χ2v) is 6.85. The van der Waals surface area contributed by atoms with E-state index in [0.717, 1.165) is 32.2 Å². The molecule has 5 heteroatoms. The number of nitrogens with one attached hydrogen (secondary N) is 1. The van der Waals surface area contributed by atoms with E-state index in [0.29, 0.717) is 17.9 Å². The van der Waals surface area contributed by atoms with Crippen LogP contribution < -0.4 is 5.32 Å². The molecular formula is C20H19BrN2O2. The average molecular weight is 399 g/mol. The highest BCUT2D eigenvalue weighted by atomic mass is 79.9. The lowest BCUT2D eigenvalue weighted by Gasteiger charge is -2.15. The summed E-state index contributed by atoms with van der Waals surface area (Å²) in [4.78, 5) is 16.8. The maximum Gasteiger partial charge on any atom is 0.341 e. The molecule has 0 spiro atoms. The van der Waals surface area contributed by atoms with Crippen molar-refractivity contribution in [2.75, 3.05) is 11.9 Å². The number of aromatic nitrogens is 1. The van der Waals surface area contributed by atoms with Gasteiger partial charge in [0.05, 0.1) is 17.8 Å². The van der Waals surface area contributed by atoms with Gasteiger partial charge in [-0.25, -0.2) is 4.79 Å². The first-order valence-corrected chi connectivity index (χ1v) is 8.88. The molecular weight excluding hydrogens is 380 g/mol. The molecule has 25 heavy (non-hydrogen) atoms. The van der Waals surface area contributed by atoms with Crippen molar-refractivity contribution >= 4 is 44.2 Å². The maximum absolute atomic E-state index is 12.4. The molecule has 0 amide bonds. The third-order valence-electron chi connectivity index (χ3n) is 3.82. The molecule has 0 radical (unpaired) electrons. The number of hydrogen-bond acceptors (Lipinski definition) is 4. The van der Waals surface area contributed by atoms with Crippen LogP contribution in [0.15, 0.2) is 47.1 Å². The quantitative estimate of drug-likeness (QED) is 0.586. The average Bonchev–Trinajstić information content (AvgIpc) is 2.54. The predicted molar refractivity (Wildman–Crippen MR) is 105 cm³/mol. The summed E-state index contributed by atoms with van der Waals surface area (Å²) in [6, 6.07) is 12.0. The first-order chi connectivity index (χ1) is 12.0. The molecule has 1 heterocycles. The van der Waals surface area contributed by atoms with Crippen molar-refractivity contribution in [3.8, 4) is 0 Å². The normalized spacial score (nSPS) is 10.7. The van der Waals surface area contributed by atoms with E-state index in [1.165, 1.54) is 0 Å². The number of nitrogens with zero attached hydrogens (tertiary/aromatic N) is 1. The van der Waals surface area contributed by atoms with Crippen LogP contribution in [0.1, 0.15) is 28.4 Å². The van der Waals surface area contributed by atoms with Crippen LogP contribution >= 0.6 is 15.9 Å². The topological polar surface area (TPSA) is 51.2 Å². The Morgan fingerprint density at radius 1 is 1.16 bits per heavy atom. The van der Waals surface area contributed by atoms with Crippen molar-refractivity contribution in [1.82, 2.24) is 4.98 Å². The van der Waals surface area contributed by atoms with E-state index in [1.54, 1.807) is 13.1 Å². The fourth-order valence-corrected chi connectivity index (χ4v) is 3.22. The van der Waals surface area contributed by atoms with Gasteiger partial charge in [0, 0.05) is 21.7 Å². The Balaban J connectivity index is 2.19. The Labute approximate surface area is 155 Å². The van der Waals surface area contributed by atoms with Gasteiger partial charge in [0.15, 0.2) is 0 Å². The molecule has 2 aromatic carbocycles. The number of anilines is 2. The zero-order valence-corrected chi connectivity index (χ0v) is 16.0. The fraction of sp³-hybridized carbons (Fsp3) is 0.200. The van der Waals surface area contributed by atoms with Gasteiger partial charge in [-0.15, -0.1) is 0 Å². The molecule has 0 aliphatic heterocycles. The van der Waals surface area contributed by atoms with Crippen molar-refractivity contribution < 1.29 is 9.53 Å². The number of carbonyl (C=O) groups is 1. The monoisotopic (exact) mass is 398 g/mol. The van der Waals surface area contributed by atoms with Crippen molar-refractivity contribution in [3.63, 3.8) is 0 Å². The maximum atomic E-state index is 12.4. The summed E-state index contributed by atoms with van der Waals surface area (Å²) in [5.74, 6) is -0.385. The Bertz CT molecular complexity index is 934. The molecule has 3 rings (SSSR count). The van der Waals surface area contributed by atoms with Gasteiger partial charge < -0.3 is 10.1 Å². The Morgan fingerprint density at radius 2 is 1.88 bits per heavy atom. The van der Waals surface area contributed by atoms with Gasteiger partial charge in [0.1, 0.15) is 5.56 Å². The number of rotatable bonds is 4. The van der Waals surface area contributed by atoms with Crippen molar-refractivity contribution in [2.45, 2.75) is 20.8 Å². The summed E-state index contributed by atoms with van der Waals surface area (Å²) in [6.07, 6.45) is 1.57. The van der Waals surface area contributed by atoms with Crippen molar-refractivity contribution in [2.24, 2.45) is 0 Å². The van der Waals surface area contributed by atoms with Crippen LogP contribution in [0, 0.1) is 13.8 Å². The zero-order chi connectivity index (χ0) is 18.0. The third-order valence-corrected chi connectivity index (χ3v) is 4.31. The van der Waals surface area contributed by atoms with Crippen LogP contribution in [-0.2, 0) is 4.74 Å². The number of esters is 1. The molecule has 0 aliphatic carbocycles. The second kappa shape index (κ2) is 7.23. The molecule has 128 valence electrons. The Hall–Kier alpha value is -2.40. The second-order valence-electron chi connectivity index (χ2n) is 5.93. The minimum Gasteiger partial charge on any atom is -0.462 e. The molecule has 0 saturated carbocycles. The van der Waals surface area contributed by atoms with Crippen molar-refractivity contribution in [3.05, 3.63) is 63.8 Å². The van der Waals surface area contributed by atoms with Crippen LogP contribution in [0.2, 0.25) is 0 Å². The van der Waals surface area contributed by atoms with E-state index in [2.05, 4.69) is 32.3 Å². The first-order valence-electron chi connectivity index (χ1n) is 8.08. The van der Waals surface area contributed by atoms with Gasteiger partial charge in [-0.2, -0.15) is 0 Å². The van der Waals surface area contributed by atoms with E-state index in [1.807, 2.05) is 44.2 Å². The highest BCUT2D eigenvalue weighted by Gasteiger charge is 2.17. The minimum atomic E-state index is -0.385. The Kier molecular flexibility index (Phi) is 5.04. The summed E-state index contributed by atoms with van der Waals surface area (Å²) >= 11 is 3.50. The highest BCUT2D eigenvalue weighted by Crippen LogP contribution is 2.32. The number of halogens is 1. The standard InChI is InChI=1S/C20H19BrN2O2/c1-4-25-20(24)17-11-22-18-6-5-14(21)10-16(18)19(17)23-15-8-12(2)7-13(3)9-15/h5-11H,4H2,1-3H3,(H,22,23). The van der Waals surface area contributed by atoms with Crippen LogP contribution in [0.5, 0.6) is 0 Å². The molecule has 0 saturated heterocycles. The highest BCUT2D eigenvalue weighted by molar-refractivity contribution is 9.10. The lowest BCUT2D eigenvalue weighted by molar-refractivity contribution is 0.0527. The van der Waals surface area contributed by atoms with E-state index >= 15 is 0 Å². The molecule has 0 unspecified atom stereocenters. The lowest BCUT2D eigenvalue weighted by atomic mass is 10.1. The molecule has 0 fully saturated rings. The van der Waals surface area contributed by atoms with Gasteiger partial charge in [0.25, 0.3) is 0 Å². The number of ether oxygens (including phenoxy) is 1. The van der Waals surface area contributed by atoms with Gasteiger partial charge in [-0.1, -0.05) is 22.0 Å². The number of pyridine rings is 1. The lowest BCUT2D eigenvalue weighted by Crippen LogP contribution is -2.09. The van der Waals surface area contributed by atoms with Gasteiger partial charge in [0.2, 0.25) is 0 Å². The zero-order valence-electron chi connectivity index (χ0n) is 14.4. The van der Waals surface area contributed by atoms with E-state index in [-0.39, 0.29) is 5.97 Å². The summed E-state index contributed by atoms with van der Waals surface area (Å²) in [5, 5.41) is 4.26. The molecule has 0 aliphatic rings. The molecule has 1 N–H and O–H groups in total. The molecule has 4 nitrogen and oxygen atoms in total. The summed E-state index contributed by atoms with van der Waals surface area (Å²) in [6.45, 7) is 6.20. The summed E-state index contributed by atoms with van der Waals surface area (Å²) in [7, 11) is 0. The largest absolute Gasteiger partial charge is 0.462 e. The fourth-order valence-electron chi connectivity index (χ4n) is 2.85. The van der Waals surface area contributed by atoms with Gasteiger partial charge >= 0.3 is 5.97 Å². The van der Waals surface area contributed by atoms with Crippen LogP contribution in [0.3, 0.4) is 0 Å². The van der Waals surface area contributed by atoms with Crippen LogP contribution in [0.25, 0.3) is 10.9 Å². The van der Waals surface area contributed by atoms with Crippen LogP contribution in [-0.4, -0.2) is 17.6 Å². The smallest absolute Gasteiger partial charge is 0.341 e. The third kappa shape index (κ3) is 3.82. The number of fused-ring (bicyclic) bond motifs is 1. The Morgan fingerprint density at radius 3 is 2.56 bits per heavy atom. The molecule has 1 aromatic heterocycles. The molecule has 0 bridgehead atoms. The van der Waals surface area contributed by atoms with E-state index in [9.17, 15) is 4.79 Å². The SMILES string of the molecule is CCOC(=O)c1cnc2ccc(Br)cc2c1Nc1cc(C)cc(C)c1. The number of benzene rings is 2. The van der Waals surface area contributed by atoms with E-state index < -0.39 is 0 Å². The summed E-state index contributed by atoms with van der Waals surface area (Å²) < 4.78 is 6.12. The predicted octanol–water partition coefficient (Wildman–Crippen LogP) is 5.53. The van der Waals surface area contributed by atoms with Crippen LogP contribution in [0.4, 0.5) is 11.4 Å². The summed E-state index contributed by atoms with van der Waals surface area (Å²) in [5.41, 5.74) is 5.17. The van der Waals surface area contributed by atoms with Gasteiger partial charge in [-0.05, 0) is 62.2 Å². The minimum absolute atomic E-state index is 0.318. The first kappa shape index (κ1) is 17.4. The molecule has 0 atom stereocenters. The number of hydrogen-bond donors (Lipinski definition) is 1. The van der Waals surface area contributed by atoms with E-state index in [4.69, 9.17) is 4.74 Å². The van der Waals surface area contributed by atoms with Crippen molar-refractivity contribution in [1.29, 1.82) is 0 Å². The van der Waals surface area contributed by atoms with Gasteiger partial charge in [-0.3, -0.25) is 4.98 Å². The number of aryl methyl sites for hydroxylation is 2. The molecule has 3 aromatic rings.